The zero-order chi connectivity index (χ0) is 14.5. The molecule has 0 aliphatic carbocycles. The lowest BCUT2D eigenvalue weighted by Crippen LogP contribution is -2.34. The number of rotatable bonds is 3. The Morgan fingerprint density at radius 3 is 2.71 bits per heavy atom. The molecule has 21 heavy (non-hydrogen) atoms. The van der Waals surface area contributed by atoms with Crippen LogP contribution in [0.1, 0.15) is 17.2 Å². The van der Waals surface area contributed by atoms with Crippen LogP contribution in [0.15, 0.2) is 54.6 Å². The highest BCUT2D eigenvalue weighted by atomic mass is 32.1. The number of anilines is 1. The molecule has 2 aromatic rings. The van der Waals surface area contributed by atoms with Gasteiger partial charge >= 0.3 is 0 Å². The fourth-order valence-electron chi connectivity index (χ4n) is 2.53. The molecule has 2 aromatic carbocycles. The predicted octanol–water partition coefficient (Wildman–Crippen LogP) is 3.29. The Kier molecular flexibility index (Phi) is 4.48. The minimum Gasteiger partial charge on any atom is -0.371 e. The maximum absolute atomic E-state index is 5.86. The van der Waals surface area contributed by atoms with Crippen molar-refractivity contribution in [2.24, 2.45) is 0 Å². The van der Waals surface area contributed by atoms with E-state index in [4.69, 9.17) is 17.0 Å². The molecule has 0 bridgehead atoms. The van der Waals surface area contributed by atoms with Crippen molar-refractivity contribution in [3.8, 4) is 0 Å². The summed E-state index contributed by atoms with van der Waals surface area (Å²) in [5.74, 6) is 0. The topological polar surface area (TPSA) is 33.3 Å². The fraction of sp³-hybridized carbons (Fsp3) is 0.235. The Morgan fingerprint density at radius 2 is 1.86 bits per heavy atom. The van der Waals surface area contributed by atoms with Gasteiger partial charge in [-0.15, -0.1) is 0 Å². The molecule has 0 spiro atoms. The number of hydrogen-bond acceptors (Lipinski definition) is 2. The molecule has 0 saturated heterocycles. The van der Waals surface area contributed by atoms with Gasteiger partial charge in [-0.1, -0.05) is 42.5 Å². The molecule has 0 radical (unpaired) electrons. The SMILES string of the molecule is S=C(NCC1OCCc2ccccc21)Nc1ccccc1. The van der Waals surface area contributed by atoms with Crippen molar-refractivity contribution in [2.75, 3.05) is 18.5 Å². The van der Waals surface area contributed by atoms with Gasteiger partial charge in [-0.05, 0) is 41.9 Å². The summed E-state index contributed by atoms with van der Waals surface area (Å²) in [7, 11) is 0. The maximum atomic E-state index is 5.86. The van der Waals surface area contributed by atoms with E-state index in [0.717, 1.165) is 18.7 Å². The molecule has 4 heteroatoms. The maximum Gasteiger partial charge on any atom is 0.170 e. The molecule has 1 atom stereocenters. The molecule has 0 fully saturated rings. The molecule has 0 amide bonds. The van der Waals surface area contributed by atoms with Gasteiger partial charge in [0.2, 0.25) is 0 Å². The lowest BCUT2D eigenvalue weighted by atomic mass is 9.98. The highest BCUT2D eigenvalue weighted by molar-refractivity contribution is 7.80. The second-order valence-electron chi connectivity index (χ2n) is 5.01. The van der Waals surface area contributed by atoms with Gasteiger partial charge in [-0.2, -0.15) is 0 Å². The molecule has 0 aromatic heterocycles. The van der Waals surface area contributed by atoms with E-state index >= 15 is 0 Å². The van der Waals surface area contributed by atoms with Crippen molar-refractivity contribution in [3.63, 3.8) is 0 Å². The third kappa shape index (κ3) is 3.60. The van der Waals surface area contributed by atoms with Gasteiger partial charge in [0.25, 0.3) is 0 Å². The third-order valence-corrected chi connectivity index (χ3v) is 3.82. The first-order valence-corrected chi connectivity index (χ1v) is 7.53. The first-order chi connectivity index (χ1) is 10.3. The Hall–Kier alpha value is -1.91. The van der Waals surface area contributed by atoms with Crippen molar-refractivity contribution in [2.45, 2.75) is 12.5 Å². The van der Waals surface area contributed by atoms with E-state index in [1.54, 1.807) is 0 Å². The molecule has 1 heterocycles. The molecule has 1 aliphatic heterocycles. The second kappa shape index (κ2) is 6.70. The smallest absolute Gasteiger partial charge is 0.170 e. The third-order valence-electron chi connectivity index (χ3n) is 3.57. The summed E-state index contributed by atoms with van der Waals surface area (Å²) >= 11 is 5.33. The Bertz CT molecular complexity index is 615. The quantitative estimate of drug-likeness (QED) is 0.852. The fourth-order valence-corrected chi connectivity index (χ4v) is 2.73. The van der Waals surface area contributed by atoms with Crippen LogP contribution < -0.4 is 10.6 Å². The van der Waals surface area contributed by atoms with Crippen LogP contribution in [0.3, 0.4) is 0 Å². The summed E-state index contributed by atoms with van der Waals surface area (Å²) in [5, 5.41) is 7.03. The van der Waals surface area contributed by atoms with Crippen molar-refractivity contribution < 1.29 is 4.74 Å². The van der Waals surface area contributed by atoms with Gasteiger partial charge in [-0.25, -0.2) is 0 Å². The van der Waals surface area contributed by atoms with Gasteiger partial charge in [0.15, 0.2) is 5.11 Å². The van der Waals surface area contributed by atoms with Crippen molar-refractivity contribution in [3.05, 3.63) is 65.7 Å². The second-order valence-corrected chi connectivity index (χ2v) is 5.42. The minimum absolute atomic E-state index is 0.0606. The summed E-state index contributed by atoms with van der Waals surface area (Å²) in [4.78, 5) is 0. The molecule has 0 saturated carbocycles. The van der Waals surface area contributed by atoms with Gasteiger partial charge in [0, 0.05) is 12.2 Å². The van der Waals surface area contributed by atoms with Crippen LogP contribution in [-0.4, -0.2) is 18.3 Å². The first-order valence-electron chi connectivity index (χ1n) is 7.12. The van der Waals surface area contributed by atoms with Gasteiger partial charge < -0.3 is 15.4 Å². The summed E-state index contributed by atoms with van der Waals surface area (Å²) in [6, 6.07) is 18.4. The number of thiocarbonyl (C=S) groups is 1. The molecule has 1 aliphatic rings. The van der Waals surface area contributed by atoms with E-state index in [0.29, 0.717) is 11.7 Å². The van der Waals surface area contributed by atoms with E-state index in [1.807, 2.05) is 30.3 Å². The van der Waals surface area contributed by atoms with Crippen molar-refractivity contribution >= 4 is 23.0 Å². The van der Waals surface area contributed by atoms with Crippen molar-refractivity contribution in [1.29, 1.82) is 0 Å². The molecule has 1 unspecified atom stereocenters. The molecule has 2 N–H and O–H groups in total. The van der Waals surface area contributed by atoms with E-state index in [2.05, 4.69) is 34.9 Å². The zero-order valence-electron chi connectivity index (χ0n) is 11.7. The Balaban J connectivity index is 1.57. The number of hydrogen-bond donors (Lipinski definition) is 2. The van der Waals surface area contributed by atoms with E-state index in [-0.39, 0.29) is 6.10 Å². The first kappa shape index (κ1) is 14.0. The monoisotopic (exact) mass is 298 g/mol. The highest BCUT2D eigenvalue weighted by Gasteiger charge is 2.20. The van der Waals surface area contributed by atoms with Crippen LogP contribution in [0.25, 0.3) is 0 Å². The number of para-hydroxylation sites is 1. The molecule has 108 valence electrons. The number of fused-ring (bicyclic) bond motifs is 1. The Labute approximate surface area is 130 Å². The van der Waals surface area contributed by atoms with Gasteiger partial charge in [0.05, 0.1) is 6.61 Å². The summed E-state index contributed by atoms with van der Waals surface area (Å²) in [5.41, 5.74) is 3.62. The van der Waals surface area contributed by atoms with Crippen LogP contribution in [0.5, 0.6) is 0 Å². The van der Waals surface area contributed by atoms with E-state index < -0.39 is 0 Å². The van der Waals surface area contributed by atoms with E-state index in [1.165, 1.54) is 11.1 Å². The number of nitrogens with one attached hydrogen (secondary N) is 2. The molecular formula is C17H18N2OS. The van der Waals surface area contributed by atoms with Gasteiger partial charge in [0.1, 0.15) is 6.10 Å². The lowest BCUT2D eigenvalue weighted by Gasteiger charge is -2.26. The van der Waals surface area contributed by atoms with Crippen LogP contribution in [0.2, 0.25) is 0 Å². The predicted molar refractivity (Wildman–Crippen MR) is 89.5 cm³/mol. The molecular weight excluding hydrogens is 280 g/mol. The average Bonchev–Trinajstić information content (AvgIpc) is 2.54. The normalized spacial score (nSPS) is 16.9. The Morgan fingerprint density at radius 1 is 1.10 bits per heavy atom. The lowest BCUT2D eigenvalue weighted by molar-refractivity contribution is 0.0456. The van der Waals surface area contributed by atoms with Crippen LogP contribution >= 0.6 is 12.2 Å². The van der Waals surface area contributed by atoms with Crippen LogP contribution in [0, 0.1) is 0 Å². The van der Waals surface area contributed by atoms with Gasteiger partial charge in [-0.3, -0.25) is 0 Å². The molecule has 3 nitrogen and oxygen atoms in total. The zero-order valence-corrected chi connectivity index (χ0v) is 12.5. The average molecular weight is 298 g/mol. The number of benzene rings is 2. The van der Waals surface area contributed by atoms with E-state index in [9.17, 15) is 0 Å². The summed E-state index contributed by atoms with van der Waals surface area (Å²) < 4.78 is 5.86. The minimum atomic E-state index is 0.0606. The summed E-state index contributed by atoms with van der Waals surface area (Å²) in [6.45, 7) is 1.44. The van der Waals surface area contributed by atoms with Crippen LogP contribution in [0.4, 0.5) is 5.69 Å². The molecule has 3 rings (SSSR count). The highest BCUT2D eigenvalue weighted by Crippen LogP contribution is 2.26. The number of ether oxygens (including phenoxy) is 1. The largest absolute Gasteiger partial charge is 0.371 e. The standard InChI is InChI=1S/C17H18N2OS/c21-17(19-14-7-2-1-3-8-14)18-12-16-15-9-5-4-6-13(15)10-11-20-16/h1-9,16H,10-12H2,(H2,18,19,21). The van der Waals surface area contributed by atoms with Crippen molar-refractivity contribution in [1.82, 2.24) is 5.32 Å². The summed E-state index contributed by atoms with van der Waals surface area (Å²) in [6.07, 6.45) is 1.05. The van der Waals surface area contributed by atoms with Crippen LogP contribution in [-0.2, 0) is 11.2 Å².